The summed E-state index contributed by atoms with van der Waals surface area (Å²) in [5.41, 5.74) is 5.99. The first-order valence-corrected chi connectivity index (χ1v) is 11.4. The Kier molecular flexibility index (Phi) is 4.37. The number of aromatic nitrogens is 4. The summed E-state index contributed by atoms with van der Waals surface area (Å²) >= 11 is 0. The molecule has 1 saturated heterocycles. The molecule has 1 fully saturated rings. The van der Waals surface area contributed by atoms with Crippen molar-refractivity contribution in [2.24, 2.45) is 0 Å². The summed E-state index contributed by atoms with van der Waals surface area (Å²) in [6.45, 7) is 3.66. The number of hydrogen-bond donors (Lipinski definition) is 2. The fraction of sp³-hybridized carbons (Fsp3) is 0.458. The van der Waals surface area contributed by atoms with Gasteiger partial charge in [-0.1, -0.05) is 18.2 Å². The van der Waals surface area contributed by atoms with Crippen molar-refractivity contribution in [2.45, 2.75) is 50.5 Å². The SMILES string of the molecule is O=c1[nH]c(N2CCC3(CC2)CN(Cc2cc[nH]n2)c2ccccc23)nc2c1CCCC2. The molecule has 2 N–H and O–H groups in total. The van der Waals surface area contributed by atoms with Crippen LogP contribution >= 0.6 is 0 Å². The number of anilines is 2. The molecule has 0 atom stereocenters. The molecule has 3 aromatic rings. The summed E-state index contributed by atoms with van der Waals surface area (Å²) in [5.74, 6) is 0.764. The van der Waals surface area contributed by atoms with E-state index in [4.69, 9.17) is 4.98 Å². The van der Waals surface area contributed by atoms with Crippen molar-refractivity contribution < 1.29 is 0 Å². The second kappa shape index (κ2) is 7.25. The lowest BCUT2D eigenvalue weighted by Crippen LogP contribution is -2.46. The van der Waals surface area contributed by atoms with Crippen molar-refractivity contribution >= 4 is 11.6 Å². The molecule has 31 heavy (non-hydrogen) atoms. The number of benzene rings is 1. The molecule has 0 amide bonds. The average Bonchev–Trinajstić information content (AvgIpc) is 3.42. The first kappa shape index (κ1) is 18.7. The highest BCUT2D eigenvalue weighted by Gasteiger charge is 2.44. The number of fused-ring (bicyclic) bond motifs is 3. The Morgan fingerprint density at radius 2 is 1.90 bits per heavy atom. The lowest BCUT2D eigenvalue weighted by atomic mass is 9.74. The molecule has 2 aliphatic heterocycles. The maximum absolute atomic E-state index is 12.6. The third-order valence-electron chi connectivity index (χ3n) is 7.42. The fourth-order valence-electron chi connectivity index (χ4n) is 5.76. The van der Waals surface area contributed by atoms with E-state index in [1.54, 1.807) is 0 Å². The summed E-state index contributed by atoms with van der Waals surface area (Å²) in [6.07, 6.45) is 8.02. The normalized spacial score (nSPS) is 19.5. The molecule has 160 valence electrons. The lowest BCUT2D eigenvalue weighted by molar-refractivity contribution is 0.347. The minimum absolute atomic E-state index is 0.0661. The van der Waals surface area contributed by atoms with Crippen molar-refractivity contribution in [3.63, 3.8) is 0 Å². The van der Waals surface area contributed by atoms with Gasteiger partial charge in [-0.05, 0) is 56.2 Å². The smallest absolute Gasteiger partial charge is 0.255 e. The summed E-state index contributed by atoms with van der Waals surface area (Å²) < 4.78 is 0. The van der Waals surface area contributed by atoms with E-state index in [1.165, 1.54) is 11.3 Å². The Morgan fingerprint density at radius 1 is 1.06 bits per heavy atom. The zero-order valence-electron chi connectivity index (χ0n) is 17.7. The molecule has 1 spiro atoms. The monoisotopic (exact) mass is 416 g/mol. The number of nitrogens with one attached hydrogen (secondary N) is 2. The van der Waals surface area contributed by atoms with E-state index in [1.807, 2.05) is 12.3 Å². The van der Waals surface area contributed by atoms with E-state index in [0.29, 0.717) is 0 Å². The highest BCUT2D eigenvalue weighted by atomic mass is 16.1. The number of aryl methyl sites for hydroxylation is 1. The highest BCUT2D eigenvalue weighted by Crippen LogP contribution is 2.47. The third kappa shape index (κ3) is 3.14. The molecular formula is C24H28N6O. The number of nitrogens with zero attached hydrogens (tertiary/aromatic N) is 4. The molecule has 0 radical (unpaired) electrons. The van der Waals surface area contributed by atoms with Crippen molar-refractivity contribution in [3.05, 3.63) is 69.4 Å². The first-order chi connectivity index (χ1) is 15.2. The second-order valence-electron chi connectivity index (χ2n) is 9.23. The molecule has 7 nitrogen and oxygen atoms in total. The molecule has 0 saturated carbocycles. The van der Waals surface area contributed by atoms with E-state index in [0.717, 1.165) is 87.6 Å². The summed E-state index contributed by atoms with van der Waals surface area (Å²) in [5, 5.41) is 7.29. The van der Waals surface area contributed by atoms with Gasteiger partial charge in [0.15, 0.2) is 0 Å². The van der Waals surface area contributed by atoms with Crippen LogP contribution in [0, 0.1) is 0 Å². The van der Waals surface area contributed by atoms with Gasteiger partial charge in [0.25, 0.3) is 5.56 Å². The van der Waals surface area contributed by atoms with Gasteiger partial charge < -0.3 is 9.80 Å². The van der Waals surface area contributed by atoms with Crippen LogP contribution in [0.5, 0.6) is 0 Å². The van der Waals surface area contributed by atoms with Gasteiger partial charge in [0.05, 0.1) is 17.9 Å². The van der Waals surface area contributed by atoms with Crippen LogP contribution in [0.1, 0.15) is 48.2 Å². The topological polar surface area (TPSA) is 80.9 Å². The van der Waals surface area contributed by atoms with Gasteiger partial charge in [0.1, 0.15) is 0 Å². The maximum Gasteiger partial charge on any atom is 0.255 e. The minimum atomic E-state index is 0.0661. The Morgan fingerprint density at radius 3 is 2.74 bits per heavy atom. The molecule has 4 heterocycles. The van der Waals surface area contributed by atoms with Gasteiger partial charge in [-0.25, -0.2) is 4.98 Å². The second-order valence-corrected chi connectivity index (χ2v) is 9.23. The third-order valence-corrected chi connectivity index (χ3v) is 7.42. The molecule has 1 aromatic carbocycles. The van der Waals surface area contributed by atoms with Crippen LogP contribution in [0.3, 0.4) is 0 Å². The quantitative estimate of drug-likeness (QED) is 0.686. The predicted molar refractivity (Wildman–Crippen MR) is 121 cm³/mol. The molecule has 2 aromatic heterocycles. The van der Waals surface area contributed by atoms with Crippen molar-refractivity contribution in [2.75, 3.05) is 29.4 Å². The van der Waals surface area contributed by atoms with E-state index >= 15 is 0 Å². The fourth-order valence-corrected chi connectivity index (χ4v) is 5.76. The van der Waals surface area contributed by atoms with Crippen LogP contribution < -0.4 is 15.4 Å². The Bertz CT molecular complexity index is 1140. The average molecular weight is 417 g/mol. The molecule has 0 unspecified atom stereocenters. The van der Waals surface area contributed by atoms with Gasteiger partial charge >= 0.3 is 0 Å². The van der Waals surface area contributed by atoms with Crippen molar-refractivity contribution in [1.29, 1.82) is 0 Å². The number of para-hydroxylation sites is 1. The van der Waals surface area contributed by atoms with Crippen LogP contribution in [0.15, 0.2) is 41.3 Å². The largest absolute Gasteiger partial charge is 0.364 e. The highest BCUT2D eigenvalue weighted by molar-refractivity contribution is 5.63. The van der Waals surface area contributed by atoms with Crippen LogP contribution in [-0.2, 0) is 24.8 Å². The van der Waals surface area contributed by atoms with Gasteiger partial charge in [0.2, 0.25) is 5.95 Å². The van der Waals surface area contributed by atoms with Crippen molar-refractivity contribution in [1.82, 2.24) is 20.2 Å². The molecule has 7 heteroatoms. The van der Waals surface area contributed by atoms with Gasteiger partial charge in [-0.15, -0.1) is 0 Å². The number of H-pyrrole nitrogens is 2. The maximum atomic E-state index is 12.6. The van der Waals surface area contributed by atoms with Crippen molar-refractivity contribution in [3.8, 4) is 0 Å². The van der Waals surface area contributed by atoms with Crippen LogP contribution in [-0.4, -0.2) is 39.8 Å². The minimum Gasteiger partial charge on any atom is -0.364 e. The van der Waals surface area contributed by atoms with Crippen LogP contribution in [0.4, 0.5) is 11.6 Å². The number of piperidine rings is 1. The summed E-state index contributed by atoms with van der Waals surface area (Å²) in [7, 11) is 0. The Balaban J connectivity index is 1.25. The zero-order chi connectivity index (χ0) is 20.8. The lowest BCUT2D eigenvalue weighted by Gasteiger charge is -2.40. The van der Waals surface area contributed by atoms with Gasteiger partial charge in [-0.2, -0.15) is 5.10 Å². The van der Waals surface area contributed by atoms with E-state index in [9.17, 15) is 4.79 Å². The summed E-state index contributed by atoms with van der Waals surface area (Å²) in [6, 6.07) is 10.9. The van der Waals surface area contributed by atoms with E-state index in [-0.39, 0.29) is 11.0 Å². The number of hydrogen-bond acceptors (Lipinski definition) is 5. The van der Waals surface area contributed by atoms with E-state index < -0.39 is 0 Å². The van der Waals surface area contributed by atoms with Crippen LogP contribution in [0.2, 0.25) is 0 Å². The number of rotatable bonds is 3. The zero-order valence-corrected chi connectivity index (χ0v) is 17.7. The molecule has 0 bridgehead atoms. The molecule has 3 aliphatic rings. The summed E-state index contributed by atoms with van der Waals surface area (Å²) in [4.78, 5) is 25.3. The number of aromatic amines is 2. The van der Waals surface area contributed by atoms with E-state index in [2.05, 4.69) is 49.2 Å². The first-order valence-electron chi connectivity index (χ1n) is 11.4. The Labute approximate surface area is 181 Å². The van der Waals surface area contributed by atoms with Gasteiger partial charge in [0, 0.05) is 42.5 Å². The Hall–Kier alpha value is -3.09. The standard InChI is InChI=1S/C24H28N6O/c31-22-18-5-1-3-7-20(18)26-23(27-22)29-13-10-24(11-14-29)16-30(15-17-9-12-25-28-17)21-8-4-2-6-19(21)24/h2,4,6,8-9,12H,1,3,5,7,10-11,13-16H2,(H,25,28)(H,26,27,31). The van der Waals surface area contributed by atoms with Crippen LogP contribution in [0.25, 0.3) is 0 Å². The predicted octanol–water partition coefficient (Wildman–Crippen LogP) is 2.93. The molecular weight excluding hydrogens is 388 g/mol. The molecule has 6 rings (SSSR count). The molecule has 1 aliphatic carbocycles. The van der Waals surface area contributed by atoms with Gasteiger partial charge in [-0.3, -0.25) is 14.9 Å².